The van der Waals surface area contributed by atoms with Crippen LogP contribution in [0.15, 0.2) is 29.2 Å². The molecule has 8 nitrogen and oxygen atoms in total. The Hall–Kier alpha value is -2.16. The van der Waals surface area contributed by atoms with Crippen molar-refractivity contribution in [2.45, 2.75) is 4.90 Å². The molecule has 0 saturated heterocycles. The van der Waals surface area contributed by atoms with E-state index in [4.69, 9.17) is 5.11 Å². The van der Waals surface area contributed by atoms with Crippen molar-refractivity contribution in [3.05, 3.63) is 34.4 Å². The Kier molecular flexibility index (Phi) is 4.21. The first-order valence-electron chi connectivity index (χ1n) is 4.77. The molecule has 0 atom stereocenters. The third-order valence-corrected chi connectivity index (χ3v) is 3.79. The highest BCUT2D eigenvalue weighted by Gasteiger charge is 2.16. The summed E-state index contributed by atoms with van der Waals surface area (Å²) in [5.74, 6) is -0.406. The predicted octanol–water partition coefficient (Wildman–Crippen LogP) is 0.636. The Bertz CT molecular complexity index is 551. The van der Waals surface area contributed by atoms with Crippen LogP contribution in [0, 0.1) is 10.1 Å². The van der Waals surface area contributed by atoms with Gasteiger partial charge in [-0.2, -0.15) is 0 Å². The van der Waals surface area contributed by atoms with E-state index in [1.54, 1.807) is 0 Å². The maximum absolute atomic E-state index is 11.7. The minimum absolute atomic E-state index is 0.0831. The molecule has 1 aromatic rings. The highest BCUT2D eigenvalue weighted by Crippen LogP contribution is 2.16. The molecule has 0 bridgehead atoms. The number of benzene rings is 1. The van der Waals surface area contributed by atoms with E-state index in [0.29, 0.717) is 0 Å². The van der Waals surface area contributed by atoms with E-state index >= 15 is 0 Å². The molecule has 2 N–H and O–H groups in total. The van der Waals surface area contributed by atoms with E-state index in [0.717, 1.165) is 24.3 Å². The van der Waals surface area contributed by atoms with Gasteiger partial charge < -0.3 is 10.4 Å². The quantitative estimate of drug-likeness (QED) is 0.599. The highest BCUT2D eigenvalue weighted by molar-refractivity contribution is 7.91. The zero-order valence-corrected chi connectivity index (χ0v) is 9.88. The van der Waals surface area contributed by atoms with Crippen molar-refractivity contribution in [3.63, 3.8) is 0 Å². The molecule has 0 saturated carbocycles. The average molecular weight is 274 g/mol. The summed E-state index contributed by atoms with van der Waals surface area (Å²) in [4.78, 5) is 19.8. The maximum Gasteiger partial charge on any atom is 0.404 e. The van der Waals surface area contributed by atoms with Crippen LogP contribution in [0.4, 0.5) is 10.5 Å². The molecule has 0 aliphatic carbocycles. The van der Waals surface area contributed by atoms with Crippen LogP contribution >= 0.6 is 0 Å². The van der Waals surface area contributed by atoms with Crippen molar-refractivity contribution in [3.8, 4) is 0 Å². The molecule has 0 spiro atoms. The fraction of sp³-hybridized carbons (Fsp3) is 0.222. The molecule has 0 aliphatic heterocycles. The summed E-state index contributed by atoms with van der Waals surface area (Å²) in [6.07, 6.45) is -1.31. The minimum atomic E-state index is -3.65. The minimum Gasteiger partial charge on any atom is -0.465 e. The topological polar surface area (TPSA) is 127 Å². The third-order valence-electron chi connectivity index (χ3n) is 2.05. The number of nitrogens with one attached hydrogen (secondary N) is 1. The van der Waals surface area contributed by atoms with Crippen LogP contribution in [0.2, 0.25) is 0 Å². The molecule has 98 valence electrons. The van der Waals surface area contributed by atoms with Crippen molar-refractivity contribution in [1.29, 1.82) is 0 Å². The molecule has 0 heterocycles. The zero-order chi connectivity index (χ0) is 13.8. The van der Waals surface area contributed by atoms with Crippen LogP contribution in [0.3, 0.4) is 0 Å². The van der Waals surface area contributed by atoms with Gasteiger partial charge >= 0.3 is 6.09 Å². The molecule has 0 fully saturated rings. The molecule has 18 heavy (non-hydrogen) atoms. The van der Waals surface area contributed by atoms with Gasteiger partial charge in [0.1, 0.15) is 0 Å². The largest absolute Gasteiger partial charge is 0.465 e. The molecule has 9 heteroatoms. The smallest absolute Gasteiger partial charge is 0.404 e. The van der Waals surface area contributed by atoms with E-state index in [-0.39, 0.29) is 17.1 Å². The van der Waals surface area contributed by atoms with Gasteiger partial charge in [0.15, 0.2) is 9.84 Å². The van der Waals surface area contributed by atoms with Crippen LogP contribution in [0.25, 0.3) is 0 Å². The number of hydrogen-bond acceptors (Lipinski definition) is 5. The summed E-state index contributed by atoms with van der Waals surface area (Å²) in [7, 11) is -3.65. The van der Waals surface area contributed by atoms with Crippen molar-refractivity contribution >= 4 is 21.6 Å². The van der Waals surface area contributed by atoms with Crippen molar-refractivity contribution in [2.24, 2.45) is 0 Å². The van der Waals surface area contributed by atoms with Gasteiger partial charge in [0, 0.05) is 18.7 Å². The Balaban J connectivity index is 2.79. The first kappa shape index (κ1) is 13.9. The number of non-ortho nitro benzene ring substituents is 1. The number of nitrogens with zero attached hydrogens (tertiary/aromatic N) is 1. The fourth-order valence-electron chi connectivity index (χ4n) is 1.19. The van der Waals surface area contributed by atoms with Gasteiger partial charge in [-0.15, -0.1) is 0 Å². The van der Waals surface area contributed by atoms with Crippen molar-refractivity contribution in [2.75, 3.05) is 12.3 Å². The number of amides is 1. The second-order valence-corrected chi connectivity index (χ2v) is 5.41. The number of nitro groups is 1. The van der Waals surface area contributed by atoms with E-state index in [1.807, 2.05) is 5.32 Å². The lowest BCUT2D eigenvalue weighted by Crippen LogP contribution is -2.27. The lowest BCUT2D eigenvalue weighted by atomic mass is 10.3. The molecular formula is C9H10N2O6S. The highest BCUT2D eigenvalue weighted by atomic mass is 32.2. The van der Waals surface area contributed by atoms with Gasteiger partial charge in [-0.25, -0.2) is 13.2 Å². The van der Waals surface area contributed by atoms with E-state index in [9.17, 15) is 23.3 Å². The second-order valence-electron chi connectivity index (χ2n) is 3.30. The third kappa shape index (κ3) is 3.70. The zero-order valence-electron chi connectivity index (χ0n) is 9.07. The number of carbonyl (C=O) groups is 1. The number of sulfone groups is 1. The van der Waals surface area contributed by atoms with Crippen LogP contribution in [-0.4, -0.2) is 36.8 Å². The molecule has 1 aromatic carbocycles. The molecule has 0 radical (unpaired) electrons. The van der Waals surface area contributed by atoms with Gasteiger partial charge in [0.25, 0.3) is 5.69 Å². The fourth-order valence-corrected chi connectivity index (χ4v) is 2.34. The summed E-state index contributed by atoms with van der Waals surface area (Å²) in [5, 5.41) is 20.6. The maximum atomic E-state index is 11.7. The Labute approximate surface area is 102 Å². The van der Waals surface area contributed by atoms with Crippen LogP contribution in [-0.2, 0) is 9.84 Å². The second kappa shape index (κ2) is 5.45. The summed E-state index contributed by atoms with van der Waals surface area (Å²) >= 11 is 0. The van der Waals surface area contributed by atoms with E-state index in [1.165, 1.54) is 0 Å². The molecule has 1 amide bonds. The average Bonchev–Trinajstić information content (AvgIpc) is 2.28. The summed E-state index contributed by atoms with van der Waals surface area (Å²) in [6, 6.07) is 4.40. The van der Waals surface area contributed by atoms with Crippen molar-refractivity contribution in [1.82, 2.24) is 5.32 Å². The molecule has 0 aromatic heterocycles. The van der Waals surface area contributed by atoms with Crippen LogP contribution < -0.4 is 5.32 Å². The van der Waals surface area contributed by atoms with Gasteiger partial charge in [-0.3, -0.25) is 10.1 Å². The number of hydrogen-bond donors (Lipinski definition) is 2. The molecule has 1 rings (SSSR count). The van der Waals surface area contributed by atoms with Gasteiger partial charge in [0.2, 0.25) is 0 Å². The number of rotatable bonds is 5. The van der Waals surface area contributed by atoms with Gasteiger partial charge in [-0.05, 0) is 12.1 Å². The molecular weight excluding hydrogens is 264 g/mol. The first-order chi connectivity index (χ1) is 8.33. The molecule has 0 aliphatic rings. The van der Waals surface area contributed by atoms with Crippen LogP contribution in [0.5, 0.6) is 0 Å². The van der Waals surface area contributed by atoms with Crippen LogP contribution in [0.1, 0.15) is 0 Å². The van der Waals surface area contributed by atoms with Crippen molar-refractivity contribution < 1.29 is 23.2 Å². The Morgan fingerprint density at radius 1 is 1.33 bits per heavy atom. The monoisotopic (exact) mass is 274 g/mol. The number of carboxylic acid groups (broad SMARTS) is 1. The SMILES string of the molecule is O=C(O)NCCS(=O)(=O)c1ccc([N+](=O)[O-])cc1. The molecule has 0 unspecified atom stereocenters. The first-order valence-corrected chi connectivity index (χ1v) is 6.42. The van der Waals surface area contributed by atoms with E-state index in [2.05, 4.69) is 0 Å². The lowest BCUT2D eigenvalue weighted by Gasteiger charge is -2.04. The van der Waals surface area contributed by atoms with Gasteiger partial charge in [0.05, 0.1) is 15.6 Å². The summed E-state index contributed by atoms with van der Waals surface area (Å²) in [6.45, 7) is -0.241. The predicted molar refractivity (Wildman–Crippen MR) is 61.2 cm³/mol. The number of nitro benzene ring substituents is 1. The standard InChI is InChI=1S/C9H10N2O6S/c12-9(13)10-5-6-18(16,17)8-3-1-7(2-4-8)11(14)15/h1-4,10H,5-6H2,(H,12,13). The Morgan fingerprint density at radius 3 is 2.33 bits per heavy atom. The summed E-state index contributed by atoms with van der Waals surface area (Å²) < 4.78 is 23.4. The Morgan fingerprint density at radius 2 is 1.89 bits per heavy atom. The normalized spacial score (nSPS) is 10.9. The van der Waals surface area contributed by atoms with E-state index < -0.39 is 26.6 Å². The lowest BCUT2D eigenvalue weighted by molar-refractivity contribution is -0.384. The summed E-state index contributed by atoms with van der Waals surface area (Å²) in [5.41, 5.74) is -0.211. The van der Waals surface area contributed by atoms with Gasteiger partial charge in [-0.1, -0.05) is 0 Å².